The molecule has 6 nitrogen and oxygen atoms in total. The third-order valence-corrected chi connectivity index (χ3v) is 4.51. The highest BCUT2D eigenvalue weighted by Crippen LogP contribution is 2.25. The molecule has 1 fully saturated rings. The third-order valence-electron chi connectivity index (χ3n) is 4.51. The summed E-state index contributed by atoms with van der Waals surface area (Å²) < 4.78 is 5.25. The van der Waals surface area contributed by atoms with Gasteiger partial charge in [-0.3, -0.25) is 9.97 Å². The molecule has 132 valence electrons. The first-order chi connectivity index (χ1) is 12.8. The molecule has 0 unspecified atom stereocenters. The zero-order valence-corrected chi connectivity index (χ0v) is 14.3. The van der Waals surface area contributed by atoms with Gasteiger partial charge in [0.05, 0.1) is 11.0 Å². The lowest BCUT2D eigenvalue weighted by molar-refractivity contribution is 0.129. The van der Waals surface area contributed by atoms with E-state index in [0.29, 0.717) is 12.6 Å². The summed E-state index contributed by atoms with van der Waals surface area (Å²) in [5.74, 6) is 0. The number of aromatic nitrogens is 2. The Morgan fingerprint density at radius 2 is 1.77 bits per heavy atom. The number of hydrogen-bond donors (Lipinski definition) is 2. The van der Waals surface area contributed by atoms with Gasteiger partial charge in [-0.25, -0.2) is 4.79 Å². The summed E-state index contributed by atoms with van der Waals surface area (Å²) in [7, 11) is 0. The standard InChI is InChI=1S/C20H20N4O2/c25-20(26-13-14-4-2-1-3-5-14)24-17-10-16(11-17)23-15-6-7-18-19(12-15)22-9-8-21-18/h1-9,12,16-17,23H,10-11,13H2,(H,24,25). The van der Waals surface area contributed by atoms with Crippen LogP contribution in [0.5, 0.6) is 0 Å². The van der Waals surface area contributed by atoms with Gasteiger partial charge in [0, 0.05) is 30.2 Å². The van der Waals surface area contributed by atoms with Crippen LogP contribution in [0.15, 0.2) is 60.9 Å². The van der Waals surface area contributed by atoms with Crippen LogP contribution in [0.1, 0.15) is 18.4 Å². The number of benzene rings is 2. The van der Waals surface area contributed by atoms with Gasteiger partial charge in [0.25, 0.3) is 0 Å². The monoisotopic (exact) mass is 348 g/mol. The first-order valence-electron chi connectivity index (χ1n) is 8.71. The second-order valence-corrected chi connectivity index (χ2v) is 6.48. The van der Waals surface area contributed by atoms with Gasteiger partial charge >= 0.3 is 6.09 Å². The average molecular weight is 348 g/mol. The van der Waals surface area contributed by atoms with Crippen LogP contribution < -0.4 is 10.6 Å². The largest absolute Gasteiger partial charge is 0.445 e. The molecule has 0 bridgehead atoms. The molecule has 1 aliphatic carbocycles. The van der Waals surface area contributed by atoms with E-state index in [1.54, 1.807) is 12.4 Å². The molecule has 0 atom stereocenters. The summed E-state index contributed by atoms with van der Waals surface area (Å²) in [5, 5.41) is 6.38. The third kappa shape index (κ3) is 3.91. The van der Waals surface area contributed by atoms with Gasteiger partial charge in [0.1, 0.15) is 6.61 Å². The molecule has 0 spiro atoms. The van der Waals surface area contributed by atoms with Crippen molar-refractivity contribution in [2.45, 2.75) is 31.5 Å². The zero-order valence-electron chi connectivity index (χ0n) is 14.3. The van der Waals surface area contributed by atoms with Gasteiger partial charge in [0.15, 0.2) is 0 Å². The Labute approximate surface area is 151 Å². The molecule has 0 saturated heterocycles. The number of ether oxygens (including phenoxy) is 1. The topological polar surface area (TPSA) is 76.1 Å². The zero-order chi connectivity index (χ0) is 17.8. The van der Waals surface area contributed by atoms with Crippen molar-refractivity contribution in [3.05, 3.63) is 66.5 Å². The van der Waals surface area contributed by atoms with Crippen LogP contribution in [0.2, 0.25) is 0 Å². The Balaban J connectivity index is 1.21. The van der Waals surface area contributed by atoms with Crippen molar-refractivity contribution in [3.8, 4) is 0 Å². The van der Waals surface area contributed by atoms with Crippen molar-refractivity contribution in [2.75, 3.05) is 5.32 Å². The minimum absolute atomic E-state index is 0.149. The van der Waals surface area contributed by atoms with Crippen LogP contribution in [0, 0.1) is 0 Å². The van der Waals surface area contributed by atoms with E-state index >= 15 is 0 Å². The molecule has 1 aliphatic rings. The van der Waals surface area contributed by atoms with Crippen molar-refractivity contribution in [1.29, 1.82) is 0 Å². The fourth-order valence-corrected chi connectivity index (χ4v) is 3.07. The second kappa shape index (κ2) is 7.39. The van der Waals surface area contributed by atoms with E-state index in [2.05, 4.69) is 20.6 Å². The molecule has 1 aromatic heterocycles. The molecule has 4 rings (SSSR count). The van der Waals surface area contributed by atoms with E-state index in [1.807, 2.05) is 48.5 Å². The Hall–Kier alpha value is -3.15. The van der Waals surface area contributed by atoms with E-state index in [4.69, 9.17) is 4.74 Å². The second-order valence-electron chi connectivity index (χ2n) is 6.48. The minimum Gasteiger partial charge on any atom is -0.445 e. The van der Waals surface area contributed by atoms with Crippen LogP contribution in [-0.4, -0.2) is 28.1 Å². The maximum atomic E-state index is 11.9. The van der Waals surface area contributed by atoms with Crippen molar-refractivity contribution in [2.24, 2.45) is 0 Å². The molecular formula is C20H20N4O2. The smallest absolute Gasteiger partial charge is 0.407 e. The minimum atomic E-state index is -0.363. The van der Waals surface area contributed by atoms with Crippen LogP contribution in [0.3, 0.4) is 0 Å². The Bertz CT molecular complexity index is 894. The molecule has 0 aliphatic heterocycles. The Morgan fingerprint density at radius 3 is 2.58 bits per heavy atom. The predicted molar refractivity (Wildman–Crippen MR) is 99.7 cm³/mol. The number of amides is 1. The molecule has 2 aromatic carbocycles. The summed E-state index contributed by atoms with van der Waals surface area (Å²) >= 11 is 0. The predicted octanol–water partition coefficient (Wildman–Crippen LogP) is 3.50. The Kier molecular flexibility index (Phi) is 4.64. The number of nitrogens with one attached hydrogen (secondary N) is 2. The number of nitrogens with zero attached hydrogens (tertiary/aromatic N) is 2. The van der Waals surface area contributed by atoms with Gasteiger partial charge in [-0.15, -0.1) is 0 Å². The van der Waals surface area contributed by atoms with E-state index in [-0.39, 0.29) is 12.1 Å². The van der Waals surface area contributed by atoms with Crippen molar-refractivity contribution >= 4 is 22.8 Å². The molecule has 1 amide bonds. The summed E-state index contributed by atoms with van der Waals surface area (Å²) in [4.78, 5) is 20.4. The number of carbonyl (C=O) groups excluding carboxylic acids is 1. The molecule has 6 heteroatoms. The molecular weight excluding hydrogens is 328 g/mol. The summed E-state index contributed by atoms with van der Waals surface area (Å²) in [6.07, 6.45) is 4.77. The molecule has 3 aromatic rings. The first kappa shape index (κ1) is 16.3. The maximum absolute atomic E-state index is 11.9. The number of anilines is 1. The maximum Gasteiger partial charge on any atom is 0.407 e. The first-order valence-corrected chi connectivity index (χ1v) is 8.71. The van der Waals surface area contributed by atoms with Crippen molar-refractivity contribution in [1.82, 2.24) is 15.3 Å². The van der Waals surface area contributed by atoms with E-state index in [9.17, 15) is 4.79 Å². The lowest BCUT2D eigenvalue weighted by Gasteiger charge is -2.36. The SMILES string of the molecule is O=C(NC1CC(Nc2ccc3nccnc3c2)C1)OCc1ccccc1. The highest BCUT2D eigenvalue weighted by atomic mass is 16.5. The number of hydrogen-bond acceptors (Lipinski definition) is 5. The molecule has 2 N–H and O–H groups in total. The molecule has 1 heterocycles. The van der Waals surface area contributed by atoms with Crippen LogP contribution >= 0.6 is 0 Å². The van der Waals surface area contributed by atoms with Gasteiger partial charge in [-0.1, -0.05) is 30.3 Å². The lowest BCUT2D eigenvalue weighted by atomic mass is 9.86. The van der Waals surface area contributed by atoms with E-state index < -0.39 is 0 Å². The molecule has 0 radical (unpaired) electrons. The number of alkyl carbamates (subject to hydrolysis) is 1. The number of fused-ring (bicyclic) bond motifs is 1. The van der Waals surface area contributed by atoms with Crippen LogP contribution in [-0.2, 0) is 11.3 Å². The lowest BCUT2D eigenvalue weighted by Crippen LogP contribution is -2.49. The van der Waals surface area contributed by atoms with Gasteiger partial charge in [-0.05, 0) is 36.6 Å². The van der Waals surface area contributed by atoms with Crippen molar-refractivity contribution in [3.63, 3.8) is 0 Å². The molecule has 1 saturated carbocycles. The number of rotatable bonds is 5. The van der Waals surface area contributed by atoms with Crippen molar-refractivity contribution < 1.29 is 9.53 Å². The highest BCUT2D eigenvalue weighted by Gasteiger charge is 2.30. The molecule has 26 heavy (non-hydrogen) atoms. The quantitative estimate of drug-likeness (QED) is 0.738. The van der Waals surface area contributed by atoms with Gasteiger partial charge < -0.3 is 15.4 Å². The fraction of sp³-hybridized carbons (Fsp3) is 0.250. The summed E-state index contributed by atoms with van der Waals surface area (Å²) in [6.45, 7) is 0.291. The van der Waals surface area contributed by atoms with Crippen LogP contribution in [0.4, 0.5) is 10.5 Å². The van der Waals surface area contributed by atoms with Gasteiger partial charge in [0.2, 0.25) is 0 Å². The van der Waals surface area contributed by atoms with E-state index in [1.165, 1.54) is 0 Å². The summed E-state index contributed by atoms with van der Waals surface area (Å²) in [5.41, 5.74) is 3.76. The van der Waals surface area contributed by atoms with Crippen LogP contribution in [0.25, 0.3) is 11.0 Å². The van der Waals surface area contributed by atoms with Gasteiger partial charge in [-0.2, -0.15) is 0 Å². The fourth-order valence-electron chi connectivity index (χ4n) is 3.07. The Morgan fingerprint density at radius 1 is 1.00 bits per heavy atom. The number of carbonyl (C=O) groups is 1. The average Bonchev–Trinajstić information content (AvgIpc) is 2.65. The van der Waals surface area contributed by atoms with E-state index in [0.717, 1.165) is 35.1 Å². The normalized spacial score (nSPS) is 18.8. The highest BCUT2D eigenvalue weighted by molar-refractivity contribution is 5.78. The summed E-state index contributed by atoms with van der Waals surface area (Å²) in [6, 6.07) is 16.1.